The Labute approximate surface area is 308 Å². The maximum Gasteiger partial charge on any atom is 0.260 e. The molecule has 1 saturated carbocycles. The van der Waals surface area contributed by atoms with E-state index in [-0.39, 0.29) is 35.6 Å². The molecule has 6 atom stereocenters. The standard InChI is InChI=1S/C39H33Cl2N3O6S/c1-20-5-3-7-27(34(20)45)33-25-13-14-26-32(37(48)43(35(26)46)19-24-6-4-16-51-24)28(25)18-29-36(47)44(42-31-15-10-22(40)17-30(31)41)38(49)39(29,33)21-8-11-23(50-2)12-9-21/h3-13,15-17,26,28-29,32-33,42,45H,14,18-19H2,1-2H3/t26-,28+,29-,32-,33+,39+/m0/s1. The van der Waals surface area contributed by atoms with E-state index in [1.807, 2.05) is 29.7 Å². The van der Waals surface area contributed by atoms with Gasteiger partial charge in [-0.1, -0.05) is 71.2 Å². The van der Waals surface area contributed by atoms with Gasteiger partial charge in [0.05, 0.1) is 47.5 Å². The highest BCUT2D eigenvalue weighted by atomic mass is 35.5. The first kappa shape index (κ1) is 33.5. The van der Waals surface area contributed by atoms with E-state index < -0.39 is 46.8 Å². The van der Waals surface area contributed by atoms with Crippen LogP contribution >= 0.6 is 34.5 Å². The zero-order valence-corrected chi connectivity index (χ0v) is 30.0. The van der Waals surface area contributed by atoms with Crippen LogP contribution in [0.3, 0.4) is 0 Å². The number of carbonyl (C=O) groups excluding carboxylic acids is 4. The van der Waals surface area contributed by atoms with Crippen molar-refractivity contribution < 1.29 is 29.0 Å². The van der Waals surface area contributed by atoms with E-state index in [2.05, 4.69) is 5.43 Å². The van der Waals surface area contributed by atoms with Gasteiger partial charge in [0.25, 0.3) is 11.8 Å². The van der Waals surface area contributed by atoms with E-state index in [1.54, 1.807) is 62.6 Å². The number of phenols is 1. The van der Waals surface area contributed by atoms with Crippen LogP contribution in [0.5, 0.6) is 11.5 Å². The van der Waals surface area contributed by atoms with E-state index in [4.69, 9.17) is 27.9 Å². The van der Waals surface area contributed by atoms with Crippen LogP contribution in [0, 0.1) is 30.6 Å². The Balaban J connectivity index is 1.33. The van der Waals surface area contributed by atoms with Gasteiger partial charge in [0, 0.05) is 21.4 Å². The second-order valence-corrected chi connectivity index (χ2v) is 15.4. The van der Waals surface area contributed by atoms with E-state index in [9.17, 15) is 19.5 Å². The van der Waals surface area contributed by atoms with Crippen molar-refractivity contribution in [3.8, 4) is 11.5 Å². The highest BCUT2D eigenvalue weighted by Crippen LogP contribution is 2.65. The van der Waals surface area contributed by atoms with E-state index in [0.29, 0.717) is 39.6 Å². The number of hydrogen-bond acceptors (Lipinski definition) is 8. The minimum absolute atomic E-state index is 0.00152. The van der Waals surface area contributed by atoms with Crippen molar-refractivity contribution in [2.45, 2.75) is 37.6 Å². The number of para-hydroxylation sites is 1. The molecular weight excluding hydrogens is 709 g/mol. The second-order valence-electron chi connectivity index (χ2n) is 13.6. The Bertz CT molecular complexity index is 2140. The number of hydrogen-bond donors (Lipinski definition) is 2. The number of halogens is 2. The summed E-state index contributed by atoms with van der Waals surface area (Å²) < 4.78 is 5.46. The van der Waals surface area contributed by atoms with Gasteiger partial charge >= 0.3 is 0 Å². The molecule has 51 heavy (non-hydrogen) atoms. The number of rotatable bonds is 7. The van der Waals surface area contributed by atoms with Crippen molar-refractivity contribution in [1.82, 2.24) is 9.91 Å². The third-order valence-electron chi connectivity index (χ3n) is 11.1. The number of likely N-dealkylation sites (tertiary alicyclic amines) is 1. The van der Waals surface area contributed by atoms with Gasteiger partial charge in [-0.3, -0.25) is 29.5 Å². The average Bonchev–Trinajstić information content (AvgIpc) is 3.79. The number of methoxy groups -OCH3 is 1. The highest BCUT2D eigenvalue weighted by molar-refractivity contribution is 7.09. The molecule has 2 aliphatic carbocycles. The smallest absolute Gasteiger partial charge is 0.260 e. The molecule has 4 aromatic rings. The lowest BCUT2D eigenvalue weighted by molar-refractivity contribution is -0.141. The number of imide groups is 2. The number of phenolic OH excluding ortho intramolecular Hbond substituents is 1. The van der Waals surface area contributed by atoms with Gasteiger partial charge in [-0.15, -0.1) is 11.3 Å². The van der Waals surface area contributed by atoms with Crippen molar-refractivity contribution in [2.24, 2.45) is 23.7 Å². The number of aryl methyl sites for hydroxylation is 1. The number of nitrogens with one attached hydrogen (secondary N) is 1. The number of benzene rings is 3. The molecule has 1 aromatic heterocycles. The Morgan fingerprint density at radius 3 is 2.45 bits per heavy atom. The normalized spacial score (nSPS) is 26.9. The van der Waals surface area contributed by atoms with Gasteiger partial charge in [0.15, 0.2) is 0 Å². The quantitative estimate of drug-likeness (QED) is 0.151. The summed E-state index contributed by atoms with van der Waals surface area (Å²) in [5, 5.41) is 15.3. The van der Waals surface area contributed by atoms with Gasteiger partial charge in [-0.25, -0.2) is 0 Å². The molecule has 4 aliphatic rings. The molecule has 9 nitrogen and oxygen atoms in total. The number of ether oxygens (including phenoxy) is 1. The molecule has 3 fully saturated rings. The minimum atomic E-state index is -1.56. The summed E-state index contributed by atoms with van der Waals surface area (Å²) in [6.07, 6.45) is 2.40. The summed E-state index contributed by atoms with van der Waals surface area (Å²) in [6.45, 7) is 1.96. The average molecular weight is 743 g/mol. The molecule has 2 saturated heterocycles. The van der Waals surface area contributed by atoms with Crippen LogP contribution in [0.1, 0.15) is 40.3 Å². The highest BCUT2D eigenvalue weighted by Gasteiger charge is 2.70. The molecule has 0 spiro atoms. The van der Waals surface area contributed by atoms with Crippen LogP contribution in [0.25, 0.3) is 0 Å². The topological polar surface area (TPSA) is 116 Å². The number of allylic oxidation sites excluding steroid dienone is 2. The zero-order valence-electron chi connectivity index (χ0n) is 27.6. The molecule has 2 aliphatic heterocycles. The van der Waals surface area contributed by atoms with Crippen molar-refractivity contribution >= 4 is 63.9 Å². The van der Waals surface area contributed by atoms with Crippen molar-refractivity contribution in [3.05, 3.63) is 121 Å². The maximum atomic E-state index is 15.3. The minimum Gasteiger partial charge on any atom is -0.507 e. The van der Waals surface area contributed by atoms with Gasteiger partial charge in [-0.2, -0.15) is 5.01 Å². The zero-order chi connectivity index (χ0) is 35.8. The summed E-state index contributed by atoms with van der Waals surface area (Å²) in [5.74, 6) is -4.72. The number of anilines is 1. The summed E-state index contributed by atoms with van der Waals surface area (Å²) >= 11 is 14.2. The number of thiophene rings is 1. The largest absolute Gasteiger partial charge is 0.507 e. The predicted molar refractivity (Wildman–Crippen MR) is 193 cm³/mol. The monoisotopic (exact) mass is 741 g/mol. The van der Waals surface area contributed by atoms with E-state index in [0.717, 1.165) is 15.5 Å². The molecule has 0 unspecified atom stereocenters. The number of carbonyl (C=O) groups is 4. The summed E-state index contributed by atoms with van der Waals surface area (Å²) in [6, 6.07) is 20.9. The Kier molecular flexibility index (Phi) is 8.24. The first-order valence-electron chi connectivity index (χ1n) is 16.7. The van der Waals surface area contributed by atoms with Crippen LogP contribution in [0.4, 0.5) is 5.69 Å². The first-order chi connectivity index (χ1) is 24.6. The summed E-state index contributed by atoms with van der Waals surface area (Å²) in [7, 11) is 1.55. The fraction of sp³-hybridized carbons (Fsp3) is 0.282. The lowest BCUT2D eigenvalue weighted by atomic mass is 9.49. The number of hydrazine groups is 1. The molecule has 4 amide bonds. The Hall–Kier alpha value is -4.64. The lowest BCUT2D eigenvalue weighted by Crippen LogP contribution is -2.53. The van der Waals surface area contributed by atoms with Gasteiger partial charge in [0.2, 0.25) is 11.8 Å². The molecule has 8 rings (SSSR count). The van der Waals surface area contributed by atoms with E-state index >= 15 is 4.79 Å². The summed E-state index contributed by atoms with van der Waals surface area (Å²) in [5.41, 5.74) is 4.11. The molecule has 12 heteroatoms. The maximum absolute atomic E-state index is 15.3. The Morgan fingerprint density at radius 2 is 1.75 bits per heavy atom. The third-order valence-corrected chi connectivity index (χ3v) is 12.6. The SMILES string of the molecule is COc1ccc([C@@]23C(=O)N(Nc4ccc(Cl)cc4Cl)C(=O)[C@@H]2C[C@@H]2C(=CC[C@@H]4C(=O)N(Cc5cccs5)C(=O)[C@@H]42)[C@@H]3c2cccc(C)c2O)cc1. The van der Waals surface area contributed by atoms with Crippen molar-refractivity contribution in [2.75, 3.05) is 12.5 Å². The third kappa shape index (κ3) is 5.02. The molecule has 0 bridgehead atoms. The second kappa shape index (κ2) is 12.5. The van der Waals surface area contributed by atoms with Crippen LogP contribution in [-0.4, -0.2) is 45.8 Å². The van der Waals surface area contributed by atoms with Crippen molar-refractivity contribution in [1.29, 1.82) is 0 Å². The number of aromatic hydroxyl groups is 1. The van der Waals surface area contributed by atoms with Gasteiger partial charge < -0.3 is 9.84 Å². The lowest BCUT2D eigenvalue weighted by Gasteiger charge is -2.50. The first-order valence-corrected chi connectivity index (χ1v) is 18.3. The number of fused-ring (bicyclic) bond motifs is 4. The molecular formula is C39H33Cl2N3O6S. The molecule has 3 heterocycles. The fourth-order valence-corrected chi connectivity index (χ4v) is 10.0. The fourth-order valence-electron chi connectivity index (χ4n) is 8.88. The van der Waals surface area contributed by atoms with E-state index in [1.165, 1.54) is 22.3 Å². The van der Waals surface area contributed by atoms with Gasteiger partial charge in [0.1, 0.15) is 11.5 Å². The van der Waals surface area contributed by atoms with Crippen LogP contribution in [-0.2, 0) is 31.1 Å². The molecule has 2 N–H and O–H groups in total. The van der Waals surface area contributed by atoms with Crippen LogP contribution in [0.2, 0.25) is 10.0 Å². The Morgan fingerprint density at radius 1 is 0.961 bits per heavy atom. The summed E-state index contributed by atoms with van der Waals surface area (Å²) in [4.78, 5) is 60.7. The van der Waals surface area contributed by atoms with Crippen LogP contribution in [0.15, 0.2) is 89.8 Å². The van der Waals surface area contributed by atoms with Crippen LogP contribution < -0.4 is 10.2 Å². The number of amides is 4. The molecule has 0 radical (unpaired) electrons. The van der Waals surface area contributed by atoms with Gasteiger partial charge in [-0.05, 0) is 78.6 Å². The predicted octanol–water partition coefficient (Wildman–Crippen LogP) is 7.26. The molecule has 3 aromatic carbocycles. The van der Waals surface area contributed by atoms with Crippen molar-refractivity contribution in [3.63, 3.8) is 0 Å². The number of nitrogens with zero attached hydrogens (tertiary/aromatic N) is 2. The molecule has 260 valence electrons.